The Bertz CT molecular complexity index is 2300. The first-order valence-electron chi connectivity index (χ1n) is 17.3. The van der Waals surface area contributed by atoms with E-state index in [2.05, 4.69) is 29.9 Å². The van der Waals surface area contributed by atoms with E-state index < -0.39 is 5.97 Å². The molecule has 52 heavy (non-hydrogen) atoms. The number of carbonyl (C=O) groups is 2. The number of hydrogen-bond donors (Lipinski definition) is 1. The Hall–Kier alpha value is -6.18. The lowest BCUT2D eigenvalue weighted by Crippen LogP contribution is -2.29. The quantitative estimate of drug-likeness (QED) is 0.206. The smallest absolute Gasteiger partial charge is 0.325 e. The highest BCUT2D eigenvalue weighted by molar-refractivity contribution is 5.85. The minimum absolute atomic E-state index is 0.0992. The van der Waals surface area contributed by atoms with Gasteiger partial charge in [-0.25, -0.2) is 19.9 Å². The van der Waals surface area contributed by atoms with E-state index in [9.17, 15) is 9.59 Å². The molecule has 2 aliphatic rings. The first-order valence-corrected chi connectivity index (χ1v) is 17.3. The van der Waals surface area contributed by atoms with Gasteiger partial charge in [-0.2, -0.15) is 0 Å². The van der Waals surface area contributed by atoms with Gasteiger partial charge in [0.25, 0.3) is 0 Å². The first kappa shape index (κ1) is 34.3. The maximum absolute atomic E-state index is 11.9. The lowest BCUT2D eigenvalue weighted by molar-refractivity contribution is -0.141. The fourth-order valence-electron chi connectivity index (χ4n) is 6.64. The number of carboxylic acids is 1. The number of rotatable bonds is 9. The van der Waals surface area contributed by atoms with Gasteiger partial charge in [0.2, 0.25) is 0 Å². The number of hydrogen-bond acceptors (Lipinski definition) is 13. The highest BCUT2D eigenvalue weighted by Crippen LogP contribution is 2.32. The molecular formula is C38H38N10O4. The molecule has 0 bridgehead atoms. The van der Waals surface area contributed by atoms with Crippen molar-refractivity contribution in [2.75, 3.05) is 43.6 Å². The van der Waals surface area contributed by atoms with E-state index in [4.69, 9.17) is 19.8 Å². The zero-order valence-electron chi connectivity index (χ0n) is 29.3. The van der Waals surface area contributed by atoms with Crippen LogP contribution in [0.15, 0.2) is 61.4 Å². The molecule has 0 aromatic carbocycles. The van der Waals surface area contributed by atoms with Gasteiger partial charge in [0.1, 0.15) is 36.1 Å². The fourth-order valence-corrected chi connectivity index (χ4v) is 6.64. The molecule has 0 atom stereocenters. The summed E-state index contributed by atoms with van der Waals surface area (Å²) in [7, 11) is 3.61. The van der Waals surface area contributed by atoms with Gasteiger partial charge < -0.3 is 19.6 Å². The maximum atomic E-state index is 11.9. The van der Waals surface area contributed by atoms with E-state index in [0.717, 1.165) is 88.4 Å². The summed E-state index contributed by atoms with van der Waals surface area (Å²) < 4.78 is 5.07. The molecule has 0 saturated carbocycles. The van der Waals surface area contributed by atoms with E-state index in [-0.39, 0.29) is 19.1 Å². The third-order valence-corrected chi connectivity index (χ3v) is 9.09. The molecule has 14 nitrogen and oxygen atoms in total. The average Bonchev–Trinajstić information content (AvgIpc) is 3.84. The molecule has 0 aliphatic heterocycles. The van der Waals surface area contributed by atoms with Crippen LogP contribution in [0.25, 0.3) is 44.6 Å². The van der Waals surface area contributed by atoms with Crippen LogP contribution in [0.5, 0.6) is 0 Å². The number of carbonyl (C=O) groups excluding carboxylic acids is 1. The van der Waals surface area contributed by atoms with Crippen molar-refractivity contribution in [2.45, 2.75) is 45.4 Å². The molecule has 1 N–H and O–H groups in total. The van der Waals surface area contributed by atoms with Gasteiger partial charge in [0.15, 0.2) is 11.6 Å². The van der Waals surface area contributed by atoms with Crippen LogP contribution in [0.4, 0.5) is 11.6 Å². The number of pyridine rings is 4. The number of fused-ring (bicyclic) bond motifs is 4. The molecule has 6 aromatic heterocycles. The van der Waals surface area contributed by atoms with Crippen molar-refractivity contribution < 1.29 is 19.4 Å². The Morgan fingerprint density at radius 2 is 1.19 bits per heavy atom. The normalized spacial score (nSPS) is 12.9. The molecule has 6 aromatic rings. The molecule has 8 rings (SSSR count). The number of likely N-dealkylation sites (N-methyl/N-ethyl adjacent to an activating group) is 2. The Labute approximate surface area is 300 Å². The van der Waals surface area contributed by atoms with Crippen LogP contribution in [-0.2, 0) is 40.0 Å². The van der Waals surface area contributed by atoms with E-state index in [0.29, 0.717) is 35.5 Å². The molecule has 0 saturated heterocycles. The van der Waals surface area contributed by atoms with Gasteiger partial charge in [0, 0.05) is 95.3 Å². The summed E-state index contributed by atoms with van der Waals surface area (Å²) in [5.41, 5.74) is 5.57. The number of anilines is 2. The topological polar surface area (TPSA) is 173 Å². The number of nitrogens with zero attached hydrogens (tertiary/aromatic N) is 10. The minimum atomic E-state index is -0.885. The summed E-state index contributed by atoms with van der Waals surface area (Å²) in [5, 5.41) is 13.1. The summed E-state index contributed by atoms with van der Waals surface area (Å²) in [4.78, 5) is 62.7. The molecule has 2 aliphatic carbocycles. The maximum Gasteiger partial charge on any atom is 0.325 e. The summed E-state index contributed by atoms with van der Waals surface area (Å²) in [6.07, 6.45) is 16.3. The summed E-state index contributed by atoms with van der Waals surface area (Å²) in [5.74, 6) is 1.43. The predicted molar refractivity (Wildman–Crippen MR) is 196 cm³/mol. The number of esters is 1. The molecule has 6 heterocycles. The second kappa shape index (κ2) is 15.0. The van der Waals surface area contributed by atoms with E-state index >= 15 is 0 Å². The highest BCUT2D eigenvalue weighted by atomic mass is 16.5. The molecule has 0 spiro atoms. The Balaban J connectivity index is 0.000000162. The van der Waals surface area contributed by atoms with Gasteiger partial charge in [-0.05, 0) is 69.7 Å². The van der Waals surface area contributed by atoms with Crippen LogP contribution in [0, 0.1) is 0 Å². The van der Waals surface area contributed by atoms with Crippen molar-refractivity contribution in [3.8, 4) is 23.0 Å². The highest BCUT2D eigenvalue weighted by Gasteiger charge is 2.25. The zero-order valence-corrected chi connectivity index (χ0v) is 29.3. The fraction of sp³-hybridized carbons (Fsp3) is 0.316. The number of carboxylic acid groups (broad SMARTS) is 1. The standard InChI is InChI=1S/C20H21N5O2.C18H17N5O2/c1-3-27-18(26)12-25(2)20-15-5-4-6-16(15)23-19(24-20)17-9-14-10-21-8-7-13(14)11-22-17;1-23(10-16(24)25)18-13-3-2-4-14(13)21-17(22-18)15-7-12-8-19-6-5-11(12)9-20-15/h7-11H,3-6,12H2,1-2H3;5-9H,2-4,10H2,1H3,(H,24,25). The van der Waals surface area contributed by atoms with Gasteiger partial charge in [0.05, 0.1) is 6.61 Å². The van der Waals surface area contributed by atoms with Crippen molar-refractivity contribution in [2.24, 2.45) is 0 Å². The van der Waals surface area contributed by atoms with Crippen molar-refractivity contribution in [3.63, 3.8) is 0 Å². The van der Waals surface area contributed by atoms with Crippen LogP contribution in [0.2, 0.25) is 0 Å². The largest absolute Gasteiger partial charge is 0.480 e. The summed E-state index contributed by atoms with van der Waals surface area (Å²) in [6, 6.07) is 7.70. The monoisotopic (exact) mass is 698 g/mol. The van der Waals surface area contributed by atoms with E-state index in [1.807, 2.05) is 48.6 Å². The van der Waals surface area contributed by atoms with Crippen LogP contribution >= 0.6 is 0 Å². The van der Waals surface area contributed by atoms with Crippen LogP contribution in [0.3, 0.4) is 0 Å². The van der Waals surface area contributed by atoms with Crippen molar-refractivity contribution in [1.29, 1.82) is 0 Å². The van der Waals surface area contributed by atoms with Crippen LogP contribution < -0.4 is 9.80 Å². The molecule has 0 radical (unpaired) electrons. The van der Waals surface area contributed by atoms with Crippen molar-refractivity contribution in [1.82, 2.24) is 39.9 Å². The van der Waals surface area contributed by atoms with Crippen molar-refractivity contribution >= 4 is 45.1 Å². The Kier molecular flexibility index (Phi) is 9.87. The second-order valence-corrected chi connectivity index (χ2v) is 12.8. The van der Waals surface area contributed by atoms with E-state index in [1.165, 1.54) is 0 Å². The second-order valence-electron chi connectivity index (χ2n) is 12.8. The zero-order chi connectivity index (χ0) is 36.2. The SMILES string of the molecule is CCOC(=O)CN(C)c1nc(-c2cc3cnccc3cn2)nc2c1CCC2.CN(CC(=O)O)c1nc(-c2cc3cnccc3cn2)nc2c1CCC2. The van der Waals surface area contributed by atoms with Crippen molar-refractivity contribution in [3.05, 3.63) is 84.0 Å². The average molecular weight is 699 g/mol. The number of aliphatic carboxylic acids is 1. The Morgan fingerprint density at radius 1 is 0.692 bits per heavy atom. The van der Waals surface area contributed by atoms with Crippen LogP contribution in [0.1, 0.15) is 42.3 Å². The lowest BCUT2D eigenvalue weighted by atomic mass is 10.2. The van der Waals surface area contributed by atoms with Crippen LogP contribution in [-0.4, -0.2) is 90.7 Å². The number of ether oxygens (including phenoxy) is 1. The van der Waals surface area contributed by atoms with Gasteiger partial charge in [-0.3, -0.25) is 29.5 Å². The number of aromatic nitrogens is 8. The number of aryl methyl sites for hydroxylation is 2. The Morgan fingerprint density at radius 3 is 1.67 bits per heavy atom. The van der Waals surface area contributed by atoms with Gasteiger partial charge in [-0.15, -0.1) is 0 Å². The van der Waals surface area contributed by atoms with Gasteiger partial charge in [-0.1, -0.05) is 0 Å². The van der Waals surface area contributed by atoms with Gasteiger partial charge >= 0.3 is 11.9 Å². The minimum Gasteiger partial charge on any atom is -0.480 e. The molecular weight excluding hydrogens is 660 g/mol. The molecule has 264 valence electrons. The molecule has 0 unspecified atom stereocenters. The molecule has 14 heteroatoms. The summed E-state index contributed by atoms with van der Waals surface area (Å²) in [6.45, 7) is 2.23. The predicted octanol–water partition coefficient (Wildman–Crippen LogP) is 4.67. The third kappa shape index (κ3) is 7.31. The first-order chi connectivity index (χ1) is 25.3. The lowest BCUT2D eigenvalue weighted by Gasteiger charge is -2.20. The third-order valence-electron chi connectivity index (χ3n) is 9.09. The summed E-state index contributed by atoms with van der Waals surface area (Å²) >= 11 is 0. The van der Waals surface area contributed by atoms with E-state index in [1.54, 1.807) is 43.7 Å². The molecule has 0 fully saturated rings. The molecule has 0 amide bonds.